The van der Waals surface area contributed by atoms with E-state index in [0.29, 0.717) is 5.13 Å². The Morgan fingerprint density at radius 2 is 2.39 bits per heavy atom. The maximum Gasteiger partial charge on any atom is 0.413 e. The van der Waals surface area contributed by atoms with Gasteiger partial charge in [0.2, 0.25) is 0 Å². The predicted octanol–water partition coefficient (Wildman–Crippen LogP) is 2.94. The van der Waals surface area contributed by atoms with Crippen molar-refractivity contribution in [2.45, 2.75) is 0 Å². The number of ether oxygens (including phenoxy) is 1. The number of thiazole rings is 1. The molecule has 0 saturated heterocycles. The van der Waals surface area contributed by atoms with Crippen LogP contribution < -0.4 is 5.32 Å². The van der Waals surface area contributed by atoms with E-state index in [4.69, 9.17) is 4.74 Å². The number of pyridine rings is 1. The number of hydrogen-bond acceptors (Lipinski definition) is 5. The molecular weight excluding hydrogens is 250 g/mol. The van der Waals surface area contributed by atoms with Crippen LogP contribution in [0.15, 0.2) is 42.4 Å². The van der Waals surface area contributed by atoms with Gasteiger partial charge in [0.25, 0.3) is 0 Å². The highest BCUT2D eigenvalue weighted by Crippen LogP contribution is 2.22. The van der Waals surface area contributed by atoms with Gasteiger partial charge in [0.1, 0.15) is 12.3 Å². The topological polar surface area (TPSA) is 64.1 Å². The normalized spacial score (nSPS) is 9.78. The Hall–Kier alpha value is -2.21. The number of nitrogens with one attached hydrogen (secondary N) is 1. The van der Waals surface area contributed by atoms with E-state index in [-0.39, 0.29) is 6.61 Å². The van der Waals surface area contributed by atoms with Gasteiger partial charge in [0.15, 0.2) is 5.13 Å². The van der Waals surface area contributed by atoms with E-state index in [9.17, 15) is 4.79 Å². The van der Waals surface area contributed by atoms with E-state index < -0.39 is 6.09 Å². The first-order chi connectivity index (χ1) is 8.79. The van der Waals surface area contributed by atoms with Gasteiger partial charge in [-0.05, 0) is 12.1 Å². The zero-order valence-electron chi connectivity index (χ0n) is 9.50. The summed E-state index contributed by atoms with van der Waals surface area (Å²) >= 11 is 1.32. The zero-order chi connectivity index (χ0) is 12.8. The fourth-order valence-corrected chi connectivity index (χ4v) is 1.91. The molecule has 5 nitrogen and oxygen atoms in total. The van der Waals surface area contributed by atoms with Crippen LogP contribution in [-0.2, 0) is 4.74 Å². The first-order valence-electron chi connectivity index (χ1n) is 5.21. The second-order valence-corrected chi connectivity index (χ2v) is 4.12. The van der Waals surface area contributed by atoms with Gasteiger partial charge in [0, 0.05) is 11.6 Å². The molecule has 0 atom stereocenters. The quantitative estimate of drug-likeness (QED) is 0.859. The van der Waals surface area contributed by atoms with Crippen LogP contribution in [0.25, 0.3) is 11.4 Å². The molecule has 2 aromatic heterocycles. The van der Waals surface area contributed by atoms with Crippen LogP contribution in [0, 0.1) is 0 Å². The lowest BCUT2D eigenvalue weighted by molar-refractivity contribution is 0.174. The number of aromatic nitrogens is 2. The van der Waals surface area contributed by atoms with Crippen LogP contribution in [0.1, 0.15) is 0 Å². The Bertz CT molecular complexity index is 539. The summed E-state index contributed by atoms with van der Waals surface area (Å²) in [7, 11) is 0. The van der Waals surface area contributed by atoms with Crippen LogP contribution in [-0.4, -0.2) is 22.7 Å². The molecule has 2 heterocycles. The summed E-state index contributed by atoms with van der Waals surface area (Å²) in [4.78, 5) is 19.7. The summed E-state index contributed by atoms with van der Waals surface area (Å²) in [5.74, 6) is 0. The van der Waals surface area contributed by atoms with Crippen molar-refractivity contribution < 1.29 is 9.53 Å². The third kappa shape index (κ3) is 3.14. The third-order valence-corrected chi connectivity index (χ3v) is 2.73. The van der Waals surface area contributed by atoms with E-state index >= 15 is 0 Å². The van der Waals surface area contributed by atoms with E-state index in [2.05, 4.69) is 21.9 Å². The number of anilines is 1. The van der Waals surface area contributed by atoms with Gasteiger partial charge >= 0.3 is 6.09 Å². The first kappa shape index (κ1) is 12.3. The molecule has 92 valence electrons. The monoisotopic (exact) mass is 261 g/mol. The summed E-state index contributed by atoms with van der Waals surface area (Å²) in [5, 5.41) is 4.84. The summed E-state index contributed by atoms with van der Waals surface area (Å²) < 4.78 is 4.79. The van der Waals surface area contributed by atoms with Gasteiger partial charge in [-0.2, -0.15) is 0 Å². The van der Waals surface area contributed by atoms with Crippen LogP contribution in [0.4, 0.5) is 9.93 Å². The Morgan fingerprint density at radius 1 is 1.50 bits per heavy atom. The number of nitrogens with zero attached hydrogens (tertiary/aromatic N) is 2. The molecule has 0 aromatic carbocycles. The van der Waals surface area contributed by atoms with Gasteiger partial charge in [0.05, 0.1) is 5.69 Å². The minimum atomic E-state index is -0.545. The molecule has 2 rings (SSSR count). The minimum Gasteiger partial charge on any atom is -0.445 e. The molecule has 2 aromatic rings. The van der Waals surface area contributed by atoms with E-state index in [1.54, 1.807) is 6.20 Å². The van der Waals surface area contributed by atoms with Crippen molar-refractivity contribution in [2.75, 3.05) is 11.9 Å². The molecular formula is C12H11N3O2S. The summed E-state index contributed by atoms with van der Waals surface area (Å²) in [5.41, 5.74) is 1.49. The number of hydrogen-bond donors (Lipinski definition) is 1. The molecule has 1 amide bonds. The summed E-state index contributed by atoms with van der Waals surface area (Å²) in [6, 6.07) is 5.57. The van der Waals surface area contributed by atoms with E-state index in [1.807, 2.05) is 23.6 Å². The molecule has 0 aliphatic heterocycles. The standard InChI is InChI=1S/C12H11N3O2S/c1-2-7-17-12(16)15-11-14-10(8-18-11)9-5-3-4-6-13-9/h2-6,8H,1,7H2,(H,14,15,16). The Kier molecular flexibility index (Phi) is 4.03. The van der Waals surface area contributed by atoms with Crippen molar-refractivity contribution in [1.29, 1.82) is 0 Å². The van der Waals surface area contributed by atoms with Gasteiger partial charge in [-0.15, -0.1) is 11.3 Å². The van der Waals surface area contributed by atoms with Crippen LogP contribution in [0.2, 0.25) is 0 Å². The molecule has 6 heteroatoms. The van der Waals surface area contributed by atoms with Gasteiger partial charge in [-0.25, -0.2) is 9.78 Å². The molecule has 0 spiro atoms. The van der Waals surface area contributed by atoms with Crippen molar-refractivity contribution in [3.8, 4) is 11.4 Å². The molecule has 0 fully saturated rings. The smallest absolute Gasteiger partial charge is 0.413 e. The SMILES string of the molecule is C=CCOC(=O)Nc1nc(-c2ccccn2)cs1. The number of carbonyl (C=O) groups is 1. The predicted molar refractivity (Wildman–Crippen MR) is 70.5 cm³/mol. The van der Waals surface area contributed by atoms with E-state index in [1.165, 1.54) is 17.4 Å². The van der Waals surface area contributed by atoms with Crippen molar-refractivity contribution in [3.63, 3.8) is 0 Å². The largest absolute Gasteiger partial charge is 0.445 e. The molecule has 18 heavy (non-hydrogen) atoms. The lowest BCUT2D eigenvalue weighted by atomic mass is 10.3. The fraction of sp³-hybridized carbons (Fsp3) is 0.0833. The van der Waals surface area contributed by atoms with Gasteiger partial charge in [-0.1, -0.05) is 18.7 Å². The molecule has 1 N–H and O–H groups in total. The molecule has 0 bridgehead atoms. The minimum absolute atomic E-state index is 0.171. The maximum absolute atomic E-state index is 11.3. The highest BCUT2D eigenvalue weighted by atomic mass is 32.1. The second-order valence-electron chi connectivity index (χ2n) is 3.27. The lowest BCUT2D eigenvalue weighted by Crippen LogP contribution is -2.13. The van der Waals surface area contributed by atoms with Crippen LogP contribution in [0.3, 0.4) is 0 Å². The van der Waals surface area contributed by atoms with Crippen molar-refractivity contribution in [2.24, 2.45) is 0 Å². The van der Waals surface area contributed by atoms with Crippen molar-refractivity contribution >= 4 is 22.6 Å². The summed E-state index contributed by atoms with van der Waals surface area (Å²) in [6.45, 7) is 3.63. The van der Waals surface area contributed by atoms with Gasteiger partial charge < -0.3 is 4.74 Å². The Morgan fingerprint density at radius 3 is 3.11 bits per heavy atom. The highest BCUT2D eigenvalue weighted by Gasteiger charge is 2.08. The molecule has 0 unspecified atom stereocenters. The number of rotatable bonds is 4. The second kappa shape index (κ2) is 5.92. The van der Waals surface area contributed by atoms with Crippen LogP contribution in [0.5, 0.6) is 0 Å². The number of carbonyl (C=O) groups excluding carboxylic acids is 1. The molecule has 0 aliphatic carbocycles. The molecule has 0 radical (unpaired) electrons. The number of amides is 1. The Labute approximate surface area is 108 Å². The average Bonchev–Trinajstić information content (AvgIpc) is 2.86. The van der Waals surface area contributed by atoms with E-state index in [0.717, 1.165) is 11.4 Å². The molecule has 0 saturated carbocycles. The zero-order valence-corrected chi connectivity index (χ0v) is 10.3. The lowest BCUT2D eigenvalue weighted by Gasteiger charge is -2.00. The van der Waals surface area contributed by atoms with Crippen molar-refractivity contribution in [1.82, 2.24) is 9.97 Å². The maximum atomic E-state index is 11.3. The Balaban J connectivity index is 2.02. The van der Waals surface area contributed by atoms with Crippen LogP contribution >= 0.6 is 11.3 Å². The molecule has 0 aliphatic rings. The van der Waals surface area contributed by atoms with Crippen molar-refractivity contribution in [3.05, 3.63) is 42.4 Å². The van der Waals surface area contributed by atoms with Gasteiger partial charge in [-0.3, -0.25) is 10.3 Å². The first-order valence-corrected chi connectivity index (χ1v) is 6.09. The highest BCUT2D eigenvalue weighted by molar-refractivity contribution is 7.14. The third-order valence-electron chi connectivity index (χ3n) is 1.97. The summed E-state index contributed by atoms with van der Waals surface area (Å²) in [6.07, 6.45) is 2.65. The fourth-order valence-electron chi connectivity index (χ4n) is 1.22. The average molecular weight is 261 g/mol.